The lowest BCUT2D eigenvalue weighted by Crippen LogP contribution is -2.21. The monoisotopic (exact) mass is 253 g/mol. The Morgan fingerprint density at radius 1 is 1.33 bits per heavy atom. The molecule has 1 saturated heterocycles. The highest BCUT2D eigenvalue weighted by Gasteiger charge is 2.16. The van der Waals surface area contributed by atoms with E-state index < -0.39 is 11.9 Å². The van der Waals surface area contributed by atoms with E-state index in [0.717, 1.165) is 5.25 Å². The first-order valence-corrected chi connectivity index (χ1v) is 6.71. The third-order valence-corrected chi connectivity index (χ3v) is 4.40. The molecule has 0 bridgehead atoms. The highest BCUT2D eigenvalue weighted by molar-refractivity contribution is 8.77. The molecule has 1 atom stereocenters. The molecule has 1 fully saturated rings. The lowest BCUT2D eigenvalue weighted by Gasteiger charge is -2.13. The first-order chi connectivity index (χ1) is 6.93. The van der Waals surface area contributed by atoms with Gasteiger partial charge in [0.25, 0.3) is 0 Å². The van der Waals surface area contributed by atoms with Crippen molar-refractivity contribution >= 4 is 33.5 Å². The average Bonchev–Trinajstić information content (AvgIpc) is 2.56. The highest BCUT2D eigenvalue weighted by atomic mass is 33.1. The van der Waals surface area contributed by atoms with Gasteiger partial charge in [-0.05, 0) is 20.5 Å². The largest absolute Gasteiger partial charge is 0.473 e. The average molecular weight is 253 g/mol. The van der Waals surface area contributed by atoms with Gasteiger partial charge in [-0.3, -0.25) is 0 Å². The SMILES string of the molecule is CN(C)CC1CCSS1.O=C(O)C(=O)O. The maximum atomic E-state index is 9.10. The van der Waals surface area contributed by atoms with Crippen LogP contribution in [0, 0.1) is 0 Å². The van der Waals surface area contributed by atoms with Crippen LogP contribution in [0.1, 0.15) is 6.42 Å². The van der Waals surface area contributed by atoms with E-state index in [4.69, 9.17) is 19.8 Å². The van der Waals surface area contributed by atoms with Gasteiger partial charge in [0.15, 0.2) is 0 Å². The van der Waals surface area contributed by atoms with E-state index in [-0.39, 0.29) is 0 Å². The summed E-state index contributed by atoms with van der Waals surface area (Å²) in [5, 5.41) is 15.7. The number of carboxylic acid groups (broad SMARTS) is 2. The molecular weight excluding hydrogens is 238 g/mol. The maximum absolute atomic E-state index is 9.10. The minimum atomic E-state index is -1.82. The molecular formula is C8H15NO4S2. The predicted octanol–water partition coefficient (Wildman–Crippen LogP) is 0.857. The fourth-order valence-corrected chi connectivity index (χ4v) is 3.92. The Morgan fingerprint density at radius 2 is 1.87 bits per heavy atom. The molecule has 1 rings (SSSR count). The van der Waals surface area contributed by atoms with Crippen molar-refractivity contribution in [2.45, 2.75) is 11.7 Å². The van der Waals surface area contributed by atoms with Gasteiger partial charge < -0.3 is 15.1 Å². The standard InChI is InChI=1S/C6H13NS2.C2H2O4/c1-7(2)5-6-3-4-8-9-6;3-1(4)2(5)6/h6H,3-5H2,1-2H3;(H,3,4)(H,5,6). The molecule has 15 heavy (non-hydrogen) atoms. The Balaban J connectivity index is 0.000000288. The van der Waals surface area contributed by atoms with Gasteiger partial charge in [-0.25, -0.2) is 9.59 Å². The Labute approximate surface area is 96.6 Å². The van der Waals surface area contributed by atoms with E-state index in [0.29, 0.717) is 0 Å². The zero-order chi connectivity index (χ0) is 11.8. The first kappa shape index (κ1) is 14.6. The van der Waals surface area contributed by atoms with Crippen molar-refractivity contribution in [3.05, 3.63) is 0 Å². The molecule has 0 spiro atoms. The summed E-state index contributed by atoms with van der Waals surface area (Å²) in [5.41, 5.74) is 0. The van der Waals surface area contributed by atoms with Crippen molar-refractivity contribution in [2.24, 2.45) is 0 Å². The molecule has 0 aliphatic carbocycles. The third kappa shape index (κ3) is 8.59. The van der Waals surface area contributed by atoms with Crippen molar-refractivity contribution in [3.8, 4) is 0 Å². The van der Waals surface area contributed by atoms with Crippen molar-refractivity contribution < 1.29 is 19.8 Å². The summed E-state index contributed by atoms with van der Waals surface area (Å²) >= 11 is 0. The van der Waals surface area contributed by atoms with Crippen molar-refractivity contribution in [1.29, 1.82) is 0 Å². The zero-order valence-corrected chi connectivity index (χ0v) is 10.3. The summed E-state index contributed by atoms with van der Waals surface area (Å²) in [6.07, 6.45) is 1.40. The molecule has 0 radical (unpaired) electrons. The van der Waals surface area contributed by atoms with Gasteiger partial charge in [-0.15, -0.1) is 0 Å². The fraction of sp³-hybridized carbons (Fsp3) is 0.750. The number of hydrogen-bond acceptors (Lipinski definition) is 5. The van der Waals surface area contributed by atoms with Crippen molar-refractivity contribution in [1.82, 2.24) is 4.90 Å². The van der Waals surface area contributed by atoms with Gasteiger partial charge in [-0.2, -0.15) is 0 Å². The first-order valence-electron chi connectivity index (χ1n) is 4.32. The van der Waals surface area contributed by atoms with Crippen LogP contribution in [0.25, 0.3) is 0 Å². The molecule has 5 nitrogen and oxygen atoms in total. The van der Waals surface area contributed by atoms with E-state index in [2.05, 4.69) is 19.0 Å². The molecule has 0 amide bonds. The van der Waals surface area contributed by atoms with Crippen LogP contribution in [0.3, 0.4) is 0 Å². The summed E-state index contributed by atoms with van der Waals surface area (Å²) in [6.45, 7) is 1.25. The van der Waals surface area contributed by atoms with Crippen LogP contribution in [-0.4, -0.2) is 58.7 Å². The Bertz CT molecular complexity index is 205. The molecule has 0 aromatic carbocycles. The van der Waals surface area contributed by atoms with Gasteiger partial charge in [-0.1, -0.05) is 21.6 Å². The molecule has 88 valence electrons. The second-order valence-electron chi connectivity index (χ2n) is 3.20. The minimum Gasteiger partial charge on any atom is -0.473 e. The molecule has 1 unspecified atom stereocenters. The topological polar surface area (TPSA) is 77.8 Å². The van der Waals surface area contributed by atoms with Crippen LogP contribution in [-0.2, 0) is 9.59 Å². The second-order valence-corrected chi connectivity index (χ2v) is 5.99. The fourth-order valence-electron chi connectivity index (χ4n) is 0.901. The van der Waals surface area contributed by atoms with E-state index in [1.165, 1.54) is 18.7 Å². The lowest BCUT2D eigenvalue weighted by molar-refractivity contribution is -0.159. The predicted molar refractivity (Wildman–Crippen MR) is 62.3 cm³/mol. The quantitative estimate of drug-likeness (QED) is 0.558. The minimum absolute atomic E-state index is 0.894. The van der Waals surface area contributed by atoms with Gasteiger partial charge in [0.2, 0.25) is 0 Å². The number of nitrogens with zero attached hydrogens (tertiary/aromatic N) is 1. The second kappa shape index (κ2) is 7.84. The summed E-state index contributed by atoms with van der Waals surface area (Å²) in [7, 11) is 8.34. The van der Waals surface area contributed by atoms with Crippen LogP contribution in [0.4, 0.5) is 0 Å². The molecule has 2 N–H and O–H groups in total. The molecule has 1 aliphatic heterocycles. The molecule has 1 heterocycles. The van der Waals surface area contributed by atoms with Crippen LogP contribution >= 0.6 is 21.6 Å². The third-order valence-electron chi connectivity index (χ3n) is 1.48. The Morgan fingerprint density at radius 3 is 2.13 bits per heavy atom. The number of aliphatic carboxylic acids is 2. The van der Waals surface area contributed by atoms with Crippen LogP contribution in [0.5, 0.6) is 0 Å². The normalized spacial score (nSPS) is 19.5. The number of carboxylic acids is 2. The van der Waals surface area contributed by atoms with E-state index in [1.54, 1.807) is 0 Å². The smallest absolute Gasteiger partial charge is 0.414 e. The van der Waals surface area contributed by atoms with Gasteiger partial charge in [0.1, 0.15) is 0 Å². The van der Waals surface area contributed by atoms with Crippen LogP contribution < -0.4 is 0 Å². The Hall–Kier alpha value is -0.400. The summed E-state index contributed by atoms with van der Waals surface area (Å²) in [5.74, 6) is -2.30. The van der Waals surface area contributed by atoms with Crippen LogP contribution in [0.2, 0.25) is 0 Å². The molecule has 7 heteroatoms. The summed E-state index contributed by atoms with van der Waals surface area (Å²) in [6, 6.07) is 0. The Kier molecular flexibility index (Phi) is 7.63. The van der Waals surface area contributed by atoms with E-state index in [1.807, 2.05) is 21.6 Å². The van der Waals surface area contributed by atoms with Gasteiger partial charge >= 0.3 is 11.9 Å². The van der Waals surface area contributed by atoms with Crippen molar-refractivity contribution in [3.63, 3.8) is 0 Å². The van der Waals surface area contributed by atoms with Gasteiger partial charge in [0.05, 0.1) is 0 Å². The van der Waals surface area contributed by atoms with Gasteiger partial charge in [0, 0.05) is 17.5 Å². The zero-order valence-electron chi connectivity index (χ0n) is 8.67. The number of rotatable bonds is 2. The highest BCUT2D eigenvalue weighted by Crippen LogP contribution is 2.37. The number of hydrogen-bond donors (Lipinski definition) is 2. The van der Waals surface area contributed by atoms with E-state index in [9.17, 15) is 0 Å². The maximum Gasteiger partial charge on any atom is 0.414 e. The number of carbonyl (C=O) groups is 2. The molecule has 0 saturated carbocycles. The lowest BCUT2D eigenvalue weighted by atomic mass is 10.3. The van der Waals surface area contributed by atoms with E-state index >= 15 is 0 Å². The molecule has 0 aromatic rings. The molecule has 1 aliphatic rings. The summed E-state index contributed by atoms with van der Waals surface area (Å²) < 4.78 is 0. The summed E-state index contributed by atoms with van der Waals surface area (Å²) in [4.78, 5) is 20.5. The van der Waals surface area contributed by atoms with Crippen molar-refractivity contribution in [2.75, 3.05) is 26.4 Å². The molecule has 0 aromatic heterocycles. The van der Waals surface area contributed by atoms with Crippen LogP contribution in [0.15, 0.2) is 0 Å².